The first-order valence-corrected chi connectivity index (χ1v) is 7.10. The second-order valence-corrected chi connectivity index (χ2v) is 4.85. The van der Waals surface area contributed by atoms with Crippen LogP contribution in [0.5, 0.6) is 0 Å². The predicted octanol–water partition coefficient (Wildman–Crippen LogP) is 2.45. The Morgan fingerprint density at radius 1 is 1.33 bits per heavy atom. The Hall–Kier alpha value is -1.01. The summed E-state index contributed by atoms with van der Waals surface area (Å²) in [5.41, 5.74) is 5.59. The number of amides is 1. The van der Waals surface area contributed by atoms with Gasteiger partial charge >= 0.3 is 0 Å². The average Bonchev–Trinajstić information content (AvgIpc) is 2.36. The summed E-state index contributed by atoms with van der Waals surface area (Å²) < 4.78 is 0. The Morgan fingerprint density at radius 2 is 2.06 bits per heavy atom. The van der Waals surface area contributed by atoms with E-state index in [4.69, 9.17) is 12.2 Å². The lowest BCUT2D eigenvalue weighted by atomic mass is 9.94. The van der Waals surface area contributed by atoms with Crippen LogP contribution in [0.4, 0.5) is 0 Å². The lowest BCUT2D eigenvalue weighted by Crippen LogP contribution is -2.34. The van der Waals surface area contributed by atoms with Crippen molar-refractivity contribution in [2.24, 2.45) is 11.7 Å². The molecule has 0 radical (unpaired) electrons. The van der Waals surface area contributed by atoms with Gasteiger partial charge in [-0.2, -0.15) is 0 Å². The third kappa shape index (κ3) is 8.14. The highest BCUT2D eigenvalue weighted by molar-refractivity contribution is 5.76. The summed E-state index contributed by atoms with van der Waals surface area (Å²) in [6.45, 7) is 4.92. The molecule has 0 aliphatic carbocycles. The zero-order valence-electron chi connectivity index (χ0n) is 11.9. The molecule has 0 rings (SSSR count). The summed E-state index contributed by atoms with van der Waals surface area (Å²) in [4.78, 5) is 11.8. The first kappa shape index (κ1) is 17.0. The van der Waals surface area contributed by atoms with E-state index in [0.717, 1.165) is 32.1 Å². The van der Waals surface area contributed by atoms with Crippen molar-refractivity contribution in [3.05, 3.63) is 0 Å². The Labute approximate surface area is 112 Å². The van der Waals surface area contributed by atoms with Crippen molar-refractivity contribution in [2.75, 3.05) is 6.54 Å². The van der Waals surface area contributed by atoms with Crippen molar-refractivity contribution in [1.29, 1.82) is 0 Å². The maximum Gasteiger partial charge on any atom is 0.220 e. The smallest absolute Gasteiger partial charge is 0.220 e. The van der Waals surface area contributed by atoms with Gasteiger partial charge in [0, 0.05) is 18.9 Å². The van der Waals surface area contributed by atoms with Crippen LogP contribution < -0.4 is 11.1 Å². The van der Waals surface area contributed by atoms with Gasteiger partial charge in [0.15, 0.2) is 0 Å². The molecule has 0 aliphatic rings. The SMILES string of the molecule is C#CCC(CC)NC(=O)CCC(CCC)CCN. The quantitative estimate of drug-likeness (QED) is 0.587. The predicted molar refractivity (Wildman–Crippen MR) is 77.0 cm³/mol. The van der Waals surface area contributed by atoms with Crippen LogP contribution in [0, 0.1) is 18.3 Å². The molecule has 3 N–H and O–H groups in total. The molecule has 104 valence electrons. The molecule has 0 aromatic carbocycles. The summed E-state index contributed by atoms with van der Waals surface area (Å²) in [5.74, 6) is 3.30. The maximum absolute atomic E-state index is 11.8. The first-order chi connectivity index (χ1) is 8.67. The molecule has 0 aromatic rings. The molecule has 0 saturated heterocycles. The van der Waals surface area contributed by atoms with E-state index in [9.17, 15) is 4.79 Å². The van der Waals surface area contributed by atoms with E-state index in [1.54, 1.807) is 0 Å². The molecular formula is C15H28N2O. The third-order valence-corrected chi connectivity index (χ3v) is 3.27. The fraction of sp³-hybridized carbons (Fsp3) is 0.800. The summed E-state index contributed by atoms with van der Waals surface area (Å²) in [6.07, 6.45) is 11.6. The molecule has 3 heteroatoms. The fourth-order valence-corrected chi connectivity index (χ4v) is 2.15. The molecule has 0 fully saturated rings. The zero-order chi connectivity index (χ0) is 13.8. The summed E-state index contributed by atoms with van der Waals surface area (Å²) in [5, 5.41) is 2.99. The molecule has 0 spiro atoms. The number of nitrogens with one attached hydrogen (secondary N) is 1. The van der Waals surface area contributed by atoms with Gasteiger partial charge in [0.25, 0.3) is 0 Å². The lowest BCUT2D eigenvalue weighted by molar-refractivity contribution is -0.122. The molecule has 0 saturated carbocycles. The largest absolute Gasteiger partial charge is 0.352 e. The van der Waals surface area contributed by atoms with E-state index in [-0.39, 0.29) is 11.9 Å². The van der Waals surface area contributed by atoms with E-state index in [1.807, 2.05) is 6.92 Å². The summed E-state index contributed by atoms with van der Waals surface area (Å²) in [7, 11) is 0. The van der Waals surface area contributed by atoms with Crippen molar-refractivity contribution in [1.82, 2.24) is 5.32 Å². The minimum atomic E-state index is 0.121. The molecular weight excluding hydrogens is 224 g/mol. The van der Waals surface area contributed by atoms with Gasteiger partial charge in [-0.05, 0) is 31.7 Å². The Balaban J connectivity index is 3.95. The van der Waals surface area contributed by atoms with Gasteiger partial charge in [-0.3, -0.25) is 4.79 Å². The van der Waals surface area contributed by atoms with Gasteiger partial charge in [-0.15, -0.1) is 12.3 Å². The summed E-state index contributed by atoms with van der Waals surface area (Å²) in [6, 6.07) is 0.127. The first-order valence-electron chi connectivity index (χ1n) is 7.10. The number of hydrogen-bond acceptors (Lipinski definition) is 2. The molecule has 1 amide bonds. The molecule has 18 heavy (non-hydrogen) atoms. The standard InChI is InChI=1S/C15H28N2O/c1-4-7-13(11-12-16)9-10-15(18)17-14(6-3)8-5-2/h2,13-14H,4,6-12,16H2,1,3H3,(H,17,18). The number of hydrogen-bond donors (Lipinski definition) is 2. The monoisotopic (exact) mass is 252 g/mol. The van der Waals surface area contributed by atoms with Crippen LogP contribution >= 0.6 is 0 Å². The van der Waals surface area contributed by atoms with Crippen LogP contribution in [0.1, 0.15) is 58.8 Å². The Morgan fingerprint density at radius 3 is 2.56 bits per heavy atom. The van der Waals surface area contributed by atoms with E-state index >= 15 is 0 Å². The molecule has 0 aromatic heterocycles. The number of carbonyl (C=O) groups excluding carboxylic acids is 1. The van der Waals surface area contributed by atoms with Crippen LogP contribution in [0.15, 0.2) is 0 Å². The van der Waals surface area contributed by atoms with Crippen LogP contribution in [0.25, 0.3) is 0 Å². The second kappa shape index (κ2) is 11.1. The second-order valence-electron chi connectivity index (χ2n) is 4.85. The molecule has 3 nitrogen and oxygen atoms in total. The van der Waals surface area contributed by atoms with Crippen LogP contribution in [-0.4, -0.2) is 18.5 Å². The van der Waals surface area contributed by atoms with Gasteiger partial charge in [-0.1, -0.05) is 26.7 Å². The average molecular weight is 252 g/mol. The van der Waals surface area contributed by atoms with Crippen LogP contribution in [-0.2, 0) is 4.79 Å². The van der Waals surface area contributed by atoms with E-state index in [1.165, 1.54) is 0 Å². The van der Waals surface area contributed by atoms with Gasteiger partial charge in [0.1, 0.15) is 0 Å². The normalized spacial score (nSPS) is 13.7. The summed E-state index contributed by atoms with van der Waals surface area (Å²) >= 11 is 0. The van der Waals surface area contributed by atoms with Crippen LogP contribution in [0.3, 0.4) is 0 Å². The van der Waals surface area contributed by atoms with Gasteiger partial charge in [0.05, 0.1) is 0 Å². The zero-order valence-corrected chi connectivity index (χ0v) is 11.9. The van der Waals surface area contributed by atoms with E-state index in [0.29, 0.717) is 25.3 Å². The highest BCUT2D eigenvalue weighted by Gasteiger charge is 2.12. The van der Waals surface area contributed by atoms with Gasteiger partial charge in [0.2, 0.25) is 5.91 Å². The number of rotatable bonds is 10. The van der Waals surface area contributed by atoms with Crippen LogP contribution in [0.2, 0.25) is 0 Å². The highest BCUT2D eigenvalue weighted by atomic mass is 16.1. The highest BCUT2D eigenvalue weighted by Crippen LogP contribution is 2.16. The molecule has 2 unspecified atom stereocenters. The fourth-order valence-electron chi connectivity index (χ4n) is 2.15. The molecule has 2 atom stereocenters. The van der Waals surface area contributed by atoms with Crippen molar-refractivity contribution in [2.45, 2.75) is 64.8 Å². The van der Waals surface area contributed by atoms with Crippen molar-refractivity contribution >= 4 is 5.91 Å². The molecule has 0 bridgehead atoms. The molecule has 0 aliphatic heterocycles. The van der Waals surface area contributed by atoms with Gasteiger partial charge < -0.3 is 11.1 Å². The lowest BCUT2D eigenvalue weighted by Gasteiger charge is -2.17. The third-order valence-electron chi connectivity index (χ3n) is 3.27. The van der Waals surface area contributed by atoms with Gasteiger partial charge in [-0.25, -0.2) is 0 Å². The number of terminal acetylenes is 1. The van der Waals surface area contributed by atoms with Crippen molar-refractivity contribution in [3.8, 4) is 12.3 Å². The molecule has 0 heterocycles. The topological polar surface area (TPSA) is 55.1 Å². The Bertz CT molecular complexity index is 252. The number of nitrogens with two attached hydrogens (primary N) is 1. The van der Waals surface area contributed by atoms with Crippen molar-refractivity contribution < 1.29 is 4.79 Å². The van der Waals surface area contributed by atoms with Crippen molar-refractivity contribution in [3.63, 3.8) is 0 Å². The van der Waals surface area contributed by atoms with E-state index in [2.05, 4.69) is 18.2 Å². The minimum Gasteiger partial charge on any atom is -0.352 e. The van der Waals surface area contributed by atoms with E-state index < -0.39 is 0 Å². The minimum absolute atomic E-state index is 0.121. The number of carbonyl (C=O) groups is 1. The Kier molecular flexibility index (Phi) is 10.5. The maximum atomic E-state index is 11.8.